The quantitative estimate of drug-likeness (QED) is 0.905. The molecular weight excluding hydrogens is 316 g/mol. The number of hydrogen-bond acceptors (Lipinski definition) is 4. The number of carbonyl (C=O) groups is 2. The third-order valence-electron chi connectivity index (χ3n) is 5.36. The summed E-state index contributed by atoms with van der Waals surface area (Å²) < 4.78 is 0. The Morgan fingerprint density at radius 3 is 2.60 bits per heavy atom. The van der Waals surface area contributed by atoms with Crippen LogP contribution in [0.3, 0.4) is 0 Å². The molecule has 0 aromatic carbocycles. The smallest absolute Gasteiger partial charge is 0.219 e. The summed E-state index contributed by atoms with van der Waals surface area (Å²) in [5.74, 6) is 0.149. The van der Waals surface area contributed by atoms with Crippen molar-refractivity contribution in [3.63, 3.8) is 0 Å². The molecule has 2 amide bonds. The summed E-state index contributed by atoms with van der Waals surface area (Å²) in [7, 11) is 0. The van der Waals surface area contributed by atoms with Gasteiger partial charge in [0.05, 0.1) is 24.0 Å². The van der Waals surface area contributed by atoms with E-state index in [0.29, 0.717) is 18.6 Å². The lowest BCUT2D eigenvalue weighted by atomic mass is 10.0. The van der Waals surface area contributed by atoms with Crippen molar-refractivity contribution in [2.24, 2.45) is 0 Å². The summed E-state index contributed by atoms with van der Waals surface area (Å²) in [6.45, 7) is 6.48. The van der Waals surface area contributed by atoms with Crippen LogP contribution in [0, 0.1) is 0 Å². The maximum atomic E-state index is 11.5. The molecule has 3 heterocycles. The minimum absolute atomic E-state index is 0.0353. The third-order valence-corrected chi connectivity index (χ3v) is 5.36. The fraction of sp³-hybridized carbons (Fsp3) is 0.632. The topological polar surface area (TPSA) is 65.5 Å². The Balaban J connectivity index is 1.66. The first-order valence-electron chi connectivity index (χ1n) is 9.26. The second-order valence-corrected chi connectivity index (χ2v) is 7.10. The van der Waals surface area contributed by atoms with Crippen LogP contribution < -0.4 is 5.32 Å². The van der Waals surface area contributed by atoms with Gasteiger partial charge in [-0.15, -0.1) is 0 Å². The van der Waals surface area contributed by atoms with Crippen LogP contribution in [0.4, 0.5) is 0 Å². The van der Waals surface area contributed by atoms with Crippen molar-refractivity contribution in [2.75, 3.05) is 19.6 Å². The molecule has 1 N–H and O–H groups in total. The Bertz CT molecular complexity index is 626. The zero-order valence-electron chi connectivity index (χ0n) is 15.2. The fourth-order valence-corrected chi connectivity index (χ4v) is 4.05. The van der Waals surface area contributed by atoms with E-state index in [1.165, 1.54) is 13.3 Å². The van der Waals surface area contributed by atoms with Crippen molar-refractivity contribution in [3.05, 3.63) is 29.6 Å². The minimum atomic E-state index is -0.0353. The second-order valence-electron chi connectivity index (χ2n) is 7.10. The van der Waals surface area contributed by atoms with Crippen molar-refractivity contribution in [1.82, 2.24) is 20.1 Å². The van der Waals surface area contributed by atoms with E-state index in [1.54, 1.807) is 6.92 Å². The van der Waals surface area contributed by atoms with Gasteiger partial charge in [0.2, 0.25) is 11.8 Å². The first-order chi connectivity index (χ1) is 12.0. The highest BCUT2D eigenvalue weighted by Gasteiger charge is 2.34. The number of carbonyl (C=O) groups excluding carboxylic acids is 2. The van der Waals surface area contributed by atoms with Crippen LogP contribution >= 0.6 is 0 Å². The molecule has 0 bridgehead atoms. The second kappa shape index (κ2) is 7.95. The van der Waals surface area contributed by atoms with Crippen molar-refractivity contribution >= 4 is 11.8 Å². The van der Waals surface area contributed by atoms with Crippen LogP contribution in [0.1, 0.15) is 57.0 Å². The van der Waals surface area contributed by atoms with Crippen molar-refractivity contribution in [1.29, 1.82) is 0 Å². The van der Waals surface area contributed by atoms with E-state index < -0.39 is 0 Å². The van der Waals surface area contributed by atoms with E-state index in [1.807, 2.05) is 17.0 Å². The molecule has 0 saturated carbocycles. The van der Waals surface area contributed by atoms with Crippen LogP contribution in [0.2, 0.25) is 0 Å². The van der Waals surface area contributed by atoms with Crippen molar-refractivity contribution in [2.45, 2.75) is 58.2 Å². The first kappa shape index (κ1) is 17.9. The molecule has 2 saturated heterocycles. The van der Waals surface area contributed by atoms with Gasteiger partial charge in [-0.2, -0.15) is 0 Å². The molecule has 6 nitrogen and oxygen atoms in total. The minimum Gasteiger partial charge on any atom is -0.351 e. The Hall–Kier alpha value is -1.95. The molecule has 0 spiro atoms. The van der Waals surface area contributed by atoms with Crippen LogP contribution in [0.5, 0.6) is 0 Å². The van der Waals surface area contributed by atoms with Gasteiger partial charge in [0.15, 0.2) is 0 Å². The molecule has 0 radical (unpaired) electrons. The average Bonchev–Trinajstić information content (AvgIpc) is 3.10. The van der Waals surface area contributed by atoms with E-state index in [4.69, 9.17) is 4.98 Å². The lowest BCUT2D eigenvalue weighted by Gasteiger charge is -2.39. The number of amides is 2. The molecule has 6 heteroatoms. The summed E-state index contributed by atoms with van der Waals surface area (Å²) in [5.41, 5.74) is 2.01. The van der Waals surface area contributed by atoms with Gasteiger partial charge >= 0.3 is 0 Å². The zero-order chi connectivity index (χ0) is 17.8. The van der Waals surface area contributed by atoms with E-state index in [2.05, 4.69) is 16.3 Å². The van der Waals surface area contributed by atoms with E-state index in [-0.39, 0.29) is 11.8 Å². The third kappa shape index (κ3) is 4.37. The van der Waals surface area contributed by atoms with E-state index in [0.717, 1.165) is 50.3 Å². The van der Waals surface area contributed by atoms with Crippen LogP contribution in [0.15, 0.2) is 18.2 Å². The molecular formula is C19H28N4O2. The molecule has 1 aromatic rings. The standard InChI is InChI=1S/C19H28N4O2/c1-14(24)20-13-16-5-3-6-18(21-16)19-7-4-10-23(19)17-8-11-22(12-9-17)15(2)25/h3,5-6,17,19H,4,7-13H2,1-2H3,(H,20,24)/t19-/m1/s1. The van der Waals surface area contributed by atoms with Crippen LogP contribution in [-0.2, 0) is 16.1 Å². The Morgan fingerprint density at radius 1 is 1.16 bits per heavy atom. The van der Waals surface area contributed by atoms with Gasteiger partial charge in [0.25, 0.3) is 0 Å². The number of aromatic nitrogens is 1. The molecule has 2 fully saturated rings. The molecule has 1 atom stereocenters. The highest BCUT2D eigenvalue weighted by Crippen LogP contribution is 2.35. The van der Waals surface area contributed by atoms with Gasteiger partial charge in [-0.05, 0) is 44.4 Å². The SMILES string of the molecule is CC(=O)NCc1cccc([C@H]2CCCN2C2CCN(C(C)=O)CC2)n1. The Kier molecular flexibility index (Phi) is 5.68. The fourth-order valence-electron chi connectivity index (χ4n) is 4.05. The first-order valence-corrected chi connectivity index (χ1v) is 9.26. The van der Waals surface area contributed by atoms with Gasteiger partial charge in [0, 0.05) is 33.0 Å². The number of likely N-dealkylation sites (tertiary alicyclic amines) is 2. The normalized spacial score (nSPS) is 22.2. The van der Waals surface area contributed by atoms with Gasteiger partial charge in [0.1, 0.15) is 0 Å². The van der Waals surface area contributed by atoms with Gasteiger partial charge in [-0.3, -0.25) is 19.5 Å². The summed E-state index contributed by atoms with van der Waals surface area (Å²) >= 11 is 0. The number of piperidine rings is 1. The summed E-state index contributed by atoms with van der Waals surface area (Å²) in [6, 6.07) is 6.98. The monoisotopic (exact) mass is 344 g/mol. The molecule has 0 aliphatic carbocycles. The number of nitrogens with zero attached hydrogens (tertiary/aromatic N) is 3. The van der Waals surface area contributed by atoms with Gasteiger partial charge in [-0.1, -0.05) is 6.07 Å². The number of rotatable bonds is 4. The molecule has 3 rings (SSSR count). The van der Waals surface area contributed by atoms with Crippen molar-refractivity contribution in [3.8, 4) is 0 Å². The molecule has 2 aliphatic rings. The Morgan fingerprint density at radius 2 is 1.92 bits per heavy atom. The van der Waals surface area contributed by atoms with Crippen LogP contribution in [-0.4, -0.2) is 52.3 Å². The Labute approximate surface area is 149 Å². The molecule has 25 heavy (non-hydrogen) atoms. The summed E-state index contributed by atoms with van der Waals surface area (Å²) in [5, 5.41) is 2.82. The molecule has 136 valence electrons. The maximum Gasteiger partial charge on any atom is 0.219 e. The van der Waals surface area contributed by atoms with Crippen molar-refractivity contribution < 1.29 is 9.59 Å². The van der Waals surface area contributed by atoms with E-state index >= 15 is 0 Å². The predicted octanol–water partition coefficient (Wildman–Crippen LogP) is 1.87. The van der Waals surface area contributed by atoms with E-state index in [9.17, 15) is 9.59 Å². The zero-order valence-corrected chi connectivity index (χ0v) is 15.2. The average molecular weight is 344 g/mol. The lowest BCUT2D eigenvalue weighted by Crippen LogP contribution is -2.46. The summed E-state index contributed by atoms with van der Waals surface area (Å²) in [6.07, 6.45) is 4.40. The largest absolute Gasteiger partial charge is 0.351 e. The highest BCUT2D eigenvalue weighted by molar-refractivity contribution is 5.73. The molecule has 0 unspecified atom stereocenters. The predicted molar refractivity (Wildman–Crippen MR) is 95.7 cm³/mol. The molecule has 1 aromatic heterocycles. The number of pyridine rings is 1. The number of hydrogen-bond donors (Lipinski definition) is 1. The maximum absolute atomic E-state index is 11.5. The summed E-state index contributed by atoms with van der Waals surface area (Å²) in [4.78, 5) is 32.0. The highest BCUT2D eigenvalue weighted by atomic mass is 16.2. The van der Waals surface area contributed by atoms with Gasteiger partial charge in [-0.25, -0.2) is 0 Å². The number of nitrogens with one attached hydrogen (secondary N) is 1. The van der Waals surface area contributed by atoms with Gasteiger partial charge < -0.3 is 10.2 Å². The van der Waals surface area contributed by atoms with Crippen LogP contribution in [0.25, 0.3) is 0 Å². The molecule has 2 aliphatic heterocycles. The lowest BCUT2D eigenvalue weighted by molar-refractivity contribution is -0.130.